The van der Waals surface area contributed by atoms with Crippen molar-refractivity contribution in [1.82, 2.24) is 10.6 Å². The zero-order valence-corrected chi connectivity index (χ0v) is 11.8. The number of amides is 2. The van der Waals surface area contributed by atoms with Crippen LogP contribution in [0.2, 0.25) is 0 Å². The molecule has 0 bridgehead atoms. The van der Waals surface area contributed by atoms with Crippen LogP contribution >= 0.6 is 15.9 Å². The van der Waals surface area contributed by atoms with Crippen molar-refractivity contribution < 1.29 is 19.1 Å². The third-order valence-corrected chi connectivity index (χ3v) is 2.67. The van der Waals surface area contributed by atoms with Gasteiger partial charge in [-0.3, -0.25) is 14.4 Å². The summed E-state index contributed by atoms with van der Waals surface area (Å²) in [7, 11) is 1.44. The zero-order chi connectivity index (χ0) is 14.3. The average Bonchev–Trinajstić information content (AvgIpc) is 2.42. The Morgan fingerprint density at radius 3 is 2.42 bits per heavy atom. The van der Waals surface area contributed by atoms with Crippen LogP contribution in [0.4, 0.5) is 0 Å². The molecule has 2 amide bonds. The van der Waals surface area contributed by atoms with Gasteiger partial charge in [-0.15, -0.1) is 0 Å². The van der Waals surface area contributed by atoms with Crippen LogP contribution in [0.1, 0.15) is 10.4 Å². The molecular weight excluding hydrogens is 316 g/mol. The lowest BCUT2D eigenvalue weighted by Gasteiger charge is -2.06. The Kier molecular flexibility index (Phi) is 6.01. The lowest BCUT2D eigenvalue weighted by Crippen LogP contribution is -2.33. The molecule has 0 aromatic heterocycles. The predicted molar refractivity (Wildman–Crippen MR) is 71.5 cm³/mol. The maximum absolute atomic E-state index is 11.6. The first kappa shape index (κ1) is 15.2. The van der Waals surface area contributed by atoms with Crippen LogP contribution in [0.5, 0.6) is 0 Å². The van der Waals surface area contributed by atoms with Gasteiger partial charge in [0.2, 0.25) is 0 Å². The van der Waals surface area contributed by atoms with Crippen LogP contribution in [0.3, 0.4) is 0 Å². The number of esters is 1. The summed E-state index contributed by atoms with van der Waals surface area (Å²) in [4.78, 5) is 33.7. The van der Waals surface area contributed by atoms with E-state index in [0.29, 0.717) is 5.56 Å². The van der Waals surface area contributed by atoms with Gasteiger partial charge in [-0.1, -0.05) is 15.9 Å². The summed E-state index contributed by atoms with van der Waals surface area (Å²) < 4.78 is 5.48. The van der Waals surface area contributed by atoms with Crippen molar-refractivity contribution in [3.05, 3.63) is 34.3 Å². The van der Waals surface area contributed by atoms with Gasteiger partial charge in [0.25, 0.3) is 11.8 Å². The van der Waals surface area contributed by atoms with E-state index >= 15 is 0 Å². The van der Waals surface area contributed by atoms with E-state index in [9.17, 15) is 14.4 Å². The maximum Gasteiger partial charge on any atom is 0.325 e. The summed E-state index contributed by atoms with van der Waals surface area (Å²) in [6, 6.07) is 6.68. The first-order valence-electron chi connectivity index (χ1n) is 5.43. The SMILES string of the molecule is CNC(=O)COC(=O)CNC(=O)c1ccc(Br)cc1. The van der Waals surface area contributed by atoms with Gasteiger partial charge < -0.3 is 15.4 Å². The number of likely N-dealkylation sites (N-methyl/N-ethyl adjacent to an activating group) is 1. The Hall–Kier alpha value is -1.89. The molecule has 0 aliphatic rings. The fraction of sp³-hybridized carbons (Fsp3) is 0.250. The molecule has 19 heavy (non-hydrogen) atoms. The second-order valence-corrected chi connectivity index (χ2v) is 4.44. The van der Waals surface area contributed by atoms with Gasteiger partial charge in [-0.05, 0) is 24.3 Å². The van der Waals surface area contributed by atoms with Crippen molar-refractivity contribution in [1.29, 1.82) is 0 Å². The maximum atomic E-state index is 11.6. The second-order valence-electron chi connectivity index (χ2n) is 3.52. The molecule has 102 valence electrons. The summed E-state index contributed by atoms with van der Waals surface area (Å²) in [6.07, 6.45) is 0. The van der Waals surface area contributed by atoms with Gasteiger partial charge in [-0.25, -0.2) is 0 Å². The summed E-state index contributed by atoms with van der Waals surface area (Å²) in [5.41, 5.74) is 0.433. The molecule has 0 heterocycles. The normalized spacial score (nSPS) is 9.58. The molecule has 0 unspecified atom stereocenters. The first-order chi connectivity index (χ1) is 9.02. The molecule has 2 N–H and O–H groups in total. The molecular formula is C12H13BrN2O4. The lowest BCUT2D eigenvalue weighted by molar-refractivity contribution is -0.147. The summed E-state index contributed by atoms with van der Waals surface area (Å²) in [5, 5.41) is 4.71. The monoisotopic (exact) mass is 328 g/mol. The van der Waals surface area contributed by atoms with Crippen molar-refractivity contribution in [3.63, 3.8) is 0 Å². The van der Waals surface area contributed by atoms with Gasteiger partial charge >= 0.3 is 5.97 Å². The number of carbonyl (C=O) groups excluding carboxylic acids is 3. The summed E-state index contributed by atoms with van der Waals surface area (Å²) in [5.74, 6) is -1.47. The smallest absolute Gasteiger partial charge is 0.325 e. The Morgan fingerprint density at radius 1 is 1.21 bits per heavy atom. The van der Waals surface area contributed by atoms with E-state index in [4.69, 9.17) is 0 Å². The molecule has 0 saturated heterocycles. The van der Waals surface area contributed by atoms with Crippen molar-refractivity contribution in [2.24, 2.45) is 0 Å². The van der Waals surface area contributed by atoms with Crippen LogP contribution in [-0.2, 0) is 14.3 Å². The molecule has 1 rings (SSSR count). The van der Waals surface area contributed by atoms with Gasteiger partial charge in [-0.2, -0.15) is 0 Å². The fourth-order valence-corrected chi connectivity index (χ4v) is 1.39. The second kappa shape index (κ2) is 7.52. The number of nitrogens with one attached hydrogen (secondary N) is 2. The van der Waals surface area contributed by atoms with Gasteiger partial charge in [0.05, 0.1) is 0 Å². The van der Waals surface area contributed by atoms with Crippen molar-refractivity contribution in [3.8, 4) is 0 Å². The highest BCUT2D eigenvalue weighted by Crippen LogP contribution is 2.10. The van der Waals surface area contributed by atoms with Gasteiger partial charge in [0.15, 0.2) is 6.61 Å². The minimum Gasteiger partial charge on any atom is -0.454 e. The minimum absolute atomic E-state index is 0.286. The van der Waals surface area contributed by atoms with Crippen molar-refractivity contribution in [2.75, 3.05) is 20.2 Å². The highest BCUT2D eigenvalue weighted by Gasteiger charge is 2.09. The van der Waals surface area contributed by atoms with Gasteiger partial charge in [0.1, 0.15) is 6.54 Å². The van der Waals surface area contributed by atoms with Crippen LogP contribution in [0.25, 0.3) is 0 Å². The standard InChI is InChI=1S/C12H13BrN2O4/c1-14-10(16)7-19-11(17)6-15-12(18)8-2-4-9(13)5-3-8/h2-5H,6-7H2,1H3,(H,14,16)(H,15,18). The van der Waals surface area contributed by atoms with E-state index in [2.05, 4.69) is 31.3 Å². The van der Waals surface area contributed by atoms with Crippen LogP contribution in [0, 0.1) is 0 Å². The van der Waals surface area contributed by atoms with E-state index in [1.165, 1.54) is 7.05 Å². The molecule has 0 spiro atoms. The van der Waals surface area contributed by atoms with E-state index in [1.807, 2.05) is 0 Å². The molecule has 0 aliphatic carbocycles. The van der Waals surface area contributed by atoms with E-state index < -0.39 is 11.9 Å². The third kappa shape index (κ3) is 5.52. The predicted octanol–water partition coefficient (Wildman–Crippen LogP) is 0.468. The Balaban J connectivity index is 2.36. The number of hydrogen-bond donors (Lipinski definition) is 2. The number of ether oxygens (including phenoxy) is 1. The Labute approximate surface area is 118 Å². The number of hydrogen-bond acceptors (Lipinski definition) is 4. The first-order valence-corrected chi connectivity index (χ1v) is 6.22. The third-order valence-electron chi connectivity index (χ3n) is 2.14. The Morgan fingerprint density at radius 2 is 1.84 bits per heavy atom. The Bertz CT molecular complexity index is 473. The van der Waals surface area contributed by atoms with Crippen LogP contribution < -0.4 is 10.6 Å². The molecule has 0 saturated carbocycles. The zero-order valence-electron chi connectivity index (χ0n) is 10.2. The molecule has 0 aliphatic heterocycles. The summed E-state index contributed by atoms with van der Waals surface area (Å²) in [6.45, 7) is -0.643. The molecule has 0 fully saturated rings. The number of rotatable bonds is 5. The number of halogens is 1. The highest BCUT2D eigenvalue weighted by atomic mass is 79.9. The van der Waals surface area contributed by atoms with E-state index in [-0.39, 0.29) is 19.1 Å². The average molecular weight is 329 g/mol. The van der Waals surface area contributed by atoms with E-state index in [1.54, 1.807) is 24.3 Å². The summed E-state index contributed by atoms with van der Waals surface area (Å²) >= 11 is 3.25. The molecule has 0 radical (unpaired) electrons. The fourth-order valence-electron chi connectivity index (χ4n) is 1.13. The van der Waals surface area contributed by atoms with Crippen molar-refractivity contribution >= 4 is 33.7 Å². The largest absolute Gasteiger partial charge is 0.454 e. The molecule has 6 nitrogen and oxygen atoms in total. The minimum atomic E-state index is -0.672. The van der Waals surface area contributed by atoms with Crippen LogP contribution in [0.15, 0.2) is 28.7 Å². The lowest BCUT2D eigenvalue weighted by atomic mass is 10.2. The highest BCUT2D eigenvalue weighted by molar-refractivity contribution is 9.10. The molecule has 1 aromatic carbocycles. The number of carbonyl (C=O) groups is 3. The van der Waals surface area contributed by atoms with E-state index in [0.717, 1.165) is 4.47 Å². The number of benzene rings is 1. The topological polar surface area (TPSA) is 84.5 Å². The van der Waals surface area contributed by atoms with Crippen LogP contribution in [-0.4, -0.2) is 38.0 Å². The quantitative estimate of drug-likeness (QED) is 0.769. The molecule has 1 aromatic rings. The van der Waals surface area contributed by atoms with Crippen molar-refractivity contribution in [2.45, 2.75) is 0 Å². The molecule has 7 heteroatoms. The molecule has 0 atom stereocenters. The van der Waals surface area contributed by atoms with Gasteiger partial charge in [0, 0.05) is 17.1 Å².